The summed E-state index contributed by atoms with van der Waals surface area (Å²) < 4.78 is 34.2. The van der Waals surface area contributed by atoms with E-state index in [1.165, 1.54) is 25.7 Å². The molecular formula is C17H24F2N2O3. The van der Waals surface area contributed by atoms with E-state index in [0.29, 0.717) is 11.6 Å². The van der Waals surface area contributed by atoms with Crippen LogP contribution in [0, 0.1) is 5.92 Å². The molecule has 7 heteroatoms. The zero-order chi connectivity index (χ0) is 17.5. The Labute approximate surface area is 140 Å². The first-order valence-electron chi connectivity index (χ1n) is 8.15. The van der Waals surface area contributed by atoms with Crippen LogP contribution in [0.15, 0.2) is 18.2 Å². The van der Waals surface area contributed by atoms with E-state index in [9.17, 15) is 13.6 Å². The molecule has 1 aliphatic rings. The summed E-state index contributed by atoms with van der Waals surface area (Å²) in [6.45, 7) is -0.719. The fourth-order valence-corrected chi connectivity index (χ4v) is 2.95. The van der Waals surface area contributed by atoms with Crippen LogP contribution in [0.25, 0.3) is 0 Å². The van der Waals surface area contributed by atoms with Crippen molar-refractivity contribution in [2.45, 2.75) is 45.3 Å². The van der Waals surface area contributed by atoms with Crippen LogP contribution in [-0.2, 0) is 4.79 Å². The molecule has 2 atom stereocenters. The third-order valence-electron chi connectivity index (χ3n) is 4.29. The van der Waals surface area contributed by atoms with Gasteiger partial charge in [0.25, 0.3) is 0 Å². The fraction of sp³-hybridized carbons (Fsp3) is 0.588. The molecule has 5 nitrogen and oxygen atoms in total. The molecule has 0 saturated heterocycles. The molecule has 134 valence electrons. The summed E-state index contributed by atoms with van der Waals surface area (Å²) in [4.78, 5) is 12.1. The first-order chi connectivity index (χ1) is 11.5. The highest BCUT2D eigenvalue weighted by atomic mass is 19.3. The van der Waals surface area contributed by atoms with Crippen molar-refractivity contribution in [3.8, 4) is 11.5 Å². The van der Waals surface area contributed by atoms with E-state index >= 15 is 0 Å². The van der Waals surface area contributed by atoms with Gasteiger partial charge in [0.15, 0.2) is 11.5 Å². The van der Waals surface area contributed by atoms with E-state index in [2.05, 4.69) is 22.3 Å². The number of amides is 1. The van der Waals surface area contributed by atoms with Gasteiger partial charge in [0.05, 0.1) is 13.7 Å². The molecule has 0 heterocycles. The second kappa shape index (κ2) is 8.70. The second-order valence-electron chi connectivity index (χ2n) is 6.03. The van der Waals surface area contributed by atoms with Gasteiger partial charge in [-0.25, -0.2) is 0 Å². The standard InChI is InChI=1S/C17H24F2N2O3/c1-11-5-3-4-6-13(11)21-16(22)10-20-12-7-8-14(23-2)15(9-12)24-17(18)19/h7-9,11,13,17,20H,3-6,10H2,1-2H3,(H,21,22)/t11-,13+/m0/s1. The topological polar surface area (TPSA) is 59.6 Å². The number of anilines is 1. The molecule has 1 fully saturated rings. The summed E-state index contributed by atoms with van der Waals surface area (Å²) >= 11 is 0. The Balaban J connectivity index is 1.89. The van der Waals surface area contributed by atoms with Crippen LogP contribution in [0.2, 0.25) is 0 Å². The third-order valence-corrected chi connectivity index (χ3v) is 4.29. The molecule has 1 aliphatic carbocycles. The maximum atomic E-state index is 12.4. The zero-order valence-corrected chi connectivity index (χ0v) is 14.0. The van der Waals surface area contributed by atoms with Gasteiger partial charge in [-0.05, 0) is 30.9 Å². The van der Waals surface area contributed by atoms with Gasteiger partial charge >= 0.3 is 6.61 Å². The number of carbonyl (C=O) groups is 1. The zero-order valence-electron chi connectivity index (χ0n) is 14.0. The molecule has 2 rings (SSSR count). The van der Waals surface area contributed by atoms with E-state index in [1.54, 1.807) is 6.07 Å². The van der Waals surface area contributed by atoms with Crippen LogP contribution in [0.4, 0.5) is 14.5 Å². The van der Waals surface area contributed by atoms with Crippen molar-refractivity contribution < 1.29 is 23.0 Å². The van der Waals surface area contributed by atoms with Gasteiger partial charge in [0.1, 0.15) is 0 Å². The summed E-state index contributed by atoms with van der Waals surface area (Å²) in [5.41, 5.74) is 0.512. The van der Waals surface area contributed by atoms with E-state index < -0.39 is 6.61 Å². The minimum atomic E-state index is -2.94. The normalized spacial score (nSPS) is 20.5. The van der Waals surface area contributed by atoms with E-state index in [-0.39, 0.29) is 30.0 Å². The quantitative estimate of drug-likeness (QED) is 0.797. The number of alkyl halides is 2. The smallest absolute Gasteiger partial charge is 0.387 e. The molecular weight excluding hydrogens is 318 g/mol. The number of methoxy groups -OCH3 is 1. The lowest BCUT2D eigenvalue weighted by Crippen LogP contribution is -2.43. The predicted octanol–water partition coefficient (Wildman–Crippen LogP) is 3.40. The van der Waals surface area contributed by atoms with Crippen molar-refractivity contribution in [3.05, 3.63) is 18.2 Å². The number of ether oxygens (including phenoxy) is 2. The lowest BCUT2D eigenvalue weighted by Gasteiger charge is -2.29. The average Bonchev–Trinajstić information content (AvgIpc) is 2.55. The monoisotopic (exact) mass is 342 g/mol. The number of halogens is 2. The number of rotatable bonds is 7. The molecule has 2 N–H and O–H groups in total. The lowest BCUT2D eigenvalue weighted by atomic mass is 9.86. The molecule has 1 aromatic carbocycles. The third kappa shape index (κ3) is 5.25. The Morgan fingerprint density at radius 3 is 2.71 bits per heavy atom. The molecule has 1 amide bonds. The van der Waals surface area contributed by atoms with Gasteiger partial charge in [-0.1, -0.05) is 19.8 Å². The van der Waals surface area contributed by atoms with Crippen molar-refractivity contribution in [2.24, 2.45) is 5.92 Å². The van der Waals surface area contributed by atoms with Crippen LogP contribution in [0.3, 0.4) is 0 Å². The summed E-state index contributed by atoms with van der Waals surface area (Å²) in [6.07, 6.45) is 4.48. The molecule has 0 bridgehead atoms. The van der Waals surface area contributed by atoms with Crippen LogP contribution in [-0.4, -0.2) is 32.2 Å². The maximum Gasteiger partial charge on any atom is 0.387 e. The Kier molecular flexibility index (Phi) is 6.63. The number of carbonyl (C=O) groups excluding carboxylic acids is 1. The van der Waals surface area contributed by atoms with E-state index in [1.807, 2.05) is 0 Å². The van der Waals surface area contributed by atoms with E-state index in [0.717, 1.165) is 19.3 Å². The Bertz CT molecular complexity index is 555. The molecule has 1 aromatic rings. The van der Waals surface area contributed by atoms with Gasteiger partial charge in [-0.2, -0.15) is 8.78 Å². The molecule has 0 radical (unpaired) electrons. The number of hydrogen-bond acceptors (Lipinski definition) is 4. The van der Waals surface area contributed by atoms with Crippen molar-refractivity contribution in [1.82, 2.24) is 5.32 Å². The van der Waals surface area contributed by atoms with Crippen LogP contribution >= 0.6 is 0 Å². The molecule has 0 aromatic heterocycles. The van der Waals surface area contributed by atoms with Gasteiger partial charge in [-0.15, -0.1) is 0 Å². The van der Waals surface area contributed by atoms with Gasteiger partial charge < -0.3 is 20.1 Å². The first-order valence-corrected chi connectivity index (χ1v) is 8.15. The van der Waals surface area contributed by atoms with Gasteiger partial charge in [0, 0.05) is 17.8 Å². The van der Waals surface area contributed by atoms with Crippen LogP contribution < -0.4 is 20.1 Å². The number of nitrogens with one attached hydrogen (secondary N) is 2. The fourth-order valence-electron chi connectivity index (χ4n) is 2.95. The minimum absolute atomic E-state index is 0.0705. The Morgan fingerprint density at radius 2 is 2.04 bits per heavy atom. The lowest BCUT2D eigenvalue weighted by molar-refractivity contribution is -0.120. The minimum Gasteiger partial charge on any atom is -0.493 e. The summed E-state index contributed by atoms with van der Waals surface area (Å²) in [5.74, 6) is 0.510. The molecule has 24 heavy (non-hydrogen) atoms. The summed E-state index contributed by atoms with van der Waals surface area (Å²) in [7, 11) is 1.37. The Hall–Kier alpha value is -2.05. The molecule has 0 unspecified atom stereocenters. The van der Waals surface area contributed by atoms with E-state index in [4.69, 9.17) is 4.74 Å². The van der Waals surface area contributed by atoms with Crippen molar-refractivity contribution in [1.29, 1.82) is 0 Å². The molecule has 1 saturated carbocycles. The highest BCUT2D eigenvalue weighted by molar-refractivity contribution is 5.81. The average molecular weight is 342 g/mol. The molecule has 0 spiro atoms. The van der Waals surface area contributed by atoms with Gasteiger partial charge in [-0.3, -0.25) is 4.79 Å². The van der Waals surface area contributed by atoms with Crippen LogP contribution in [0.5, 0.6) is 11.5 Å². The van der Waals surface area contributed by atoms with Crippen LogP contribution in [0.1, 0.15) is 32.6 Å². The van der Waals surface area contributed by atoms with Crippen molar-refractivity contribution in [2.75, 3.05) is 19.0 Å². The summed E-state index contributed by atoms with van der Waals surface area (Å²) in [5, 5.41) is 5.95. The molecule has 0 aliphatic heterocycles. The summed E-state index contributed by atoms with van der Waals surface area (Å²) in [6, 6.07) is 4.76. The number of benzene rings is 1. The SMILES string of the molecule is COc1ccc(NCC(=O)N[C@@H]2CCCC[C@@H]2C)cc1OC(F)F. The largest absolute Gasteiger partial charge is 0.493 e. The Morgan fingerprint density at radius 1 is 1.29 bits per heavy atom. The van der Waals surface area contributed by atoms with Gasteiger partial charge in [0.2, 0.25) is 5.91 Å². The highest BCUT2D eigenvalue weighted by Crippen LogP contribution is 2.31. The second-order valence-corrected chi connectivity index (χ2v) is 6.03. The predicted molar refractivity (Wildman–Crippen MR) is 87.7 cm³/mol. The van der Waals surface area contributed by atoms with Crippen molar-refractivity contribution in [3.63, 3.8) is 0 Å². The highest BCUT2D eigenvalue weighted by Gasteiger charge is 2.22. The maximum absolute atomic E-state index is 12.4. The number of hydrogen-bond donors (Lipinski definition) is 2. The van der Waals surface area contributed by atoms with Crippen molar-refractivity contribution >= 4 is 11.6 Å². The first kappa shape index (κ1) is 18.3.